The number of fused-ring (bicyclic) bond motifs is 4. The van der Waals surface area contributed by atoms with Gasteiger partial charge in [-0.3, -0.25) is 28.3 Å². The average Bonchev–Trinajstić information content (AvgIpc) is 1.59. The van der Waals surface area contributed by atoms with Gasteiger partial charge in [-0.1, -0.05) is 0 Å². The molecular weight excluding hydrogens is 1100 g/mol. The van der Waals surface area contributed by atoms with Gasteiger partial charge in [0.25, 0.3) is 0 Å². The number of carbonyl (C=O) groups is 4. The van der Waals surface area contributed by atoms with Crippen molar-refractivity contribution in [1.82, 2.24) is 98.6 Å². The first kappa shape index (κ1) is 53.9. The van der Waals surface area contributed by atoms with Gasteiger partial charge in [0.2, 0.25) is 23.5 Å². The van der Waals surface area contributed by atoms with E-state index in [0.717, 1.165) is 11.4 Å². The SMILES string of the molecule is CCn1nnc([C@@H]2O[C@@]3(C4CCC([C@@]56O[C@@H](c7nnn(CC)n7)[C@H](CC(=O)O)[C@@]5(CC(=O)O)Nc5nc(NCCc7cn(C)cn7)nc7c5ncn76)CC4)n4cnc5c(nc(NCCc6cn(C)cn6)nc54)N[C@]3(CC(=O)O)[C@H]2CC(=O)O)n1. The topological polar surface area (TPSA) is 426 Å². The van der Waals surface area contributed by atoms with Crippen molar-refractivity contribution < 1.29 is 49.1 Å². The summed E-state index contributed by atoms with van der Waals surface area (Å²) in [5.41, 5.74) is -4.86. The van der Waals surface area contributed by atoms with Crippen LogP contribution in [0.5, 0.6) is 0 Å². The number of tetrazole rings is 2. The van der Waals surface area contributed by atoms with Crippen molar-refractivity contribution in [2.24, 2.45) is 37.8 Å². The Bertz CT molecular complexity index is 3630. The third-order valence-corrected chi connectivity index (χ3v) is 17.4. The predicted octanol–water partition coefficient (Wildman–Crippen LogP) is 1.57. The summed E-state index contributed by atoms with van der Waals surface area (Å²) in [6.07, 6.45) is 6.60. The molecule has 13 rings (SSSR count). The fraction of sp³-hybridized carbons (Fsp3) is 0.560. The lowest BCUT2D eigenvalue weighted by Gasteiger charge is -2.55. The van der Waals surface area contributed by atoms with Gasteiger partial charge in [0.15, 0.2) is 45.4 Å². The quantitative estimate of drug-likeness (QED) is 0.0477. The molecule has 4 aliphatic heterocycles. The highest BCUT2D eigenvalue weighted by molar-refractivity contribution is 5.89. The first-order chi connectivity index (χ1) is 40.5. The zero-order valence-corrected chi connectivity index (χ0v) is 46.0. The number of aryl methyl sites for hydroxylation is 4. The molecule has 8 bridgehead atoms. The van der Waals surface area contributed by atoms with Gasteiger partial charge in [-0.25, -0.2) is 19.9 Å². The third kappa shape index (κ3) is 8.41. The Balaban J connectivity index is 0.963. The van der Waals surface area contributed by atoms with Crippen molar-refractivity contribution in [3.05, 3.63) is 60.7 Å². The Morgan fingerprint density at radius 1 is 0.595 bits per heavy atom. The summed E-state index contributed by atoms with van der Waals surface area (Å²) in [6.45, 7) is 4.94. The summed E-state index contributed by atoms with van der Waals surface area (Å²) in [5.74, 6) is -8.39. The molecule has 0 unspecified atom stereocenters. The molecule has 0 radical (unpaired) electrons. The summed E-state index contributed by atoms with van der Waals surface area (Å²) in [5, 5.41) is 84.3. The molecule has 8 N–H and O–H groups in total. The maximum Gasteiger partial charge on any atom is 0.305 e. The number of aliphatic carboxylic acids is 4. The van der Waals surface area contributed by atoms with Gasteiger partial charge in [0.1, 0.15) is 23.3 Å². The molecule has 0 amide bonds. The summed E-state index contributed by atoms with van der Waals surface area (Å²) < 4.78 is 22.1. The highest BCUT2D eigenvalue weighted by Crippen LogP contribution is 2.67. The standard InChI is InChI=1S/C50H60N24O10/c1-5-73-65-41(63-67-73)37-29(15-31(75)76)47(17-33(79)80)49(83-37,71-23-55-35-39(61-47)57-45(59-43(35)71)51-13-11-27-19-69(3)21-53-27)25-7-9-26(10-8-25)50-48(18-34(81)82,30(16-32(77)78)38(84-50)42-64-68-74(6-2)66-42)62-40-36-44(72(50)24-56-36)60-46(58-40)52-14-12-28-20-70(4)22-54-28/h19-26,29-30,37-38H,5-18H2,1-4H3,(H,75,76)(H,77,78)(H,79,80)(H,81,82)(H2,51,57,59,61)(H2,52,58,60,62)/t25?,26?,29-,30-,37+,38+,47+,48+,49+,50+/m0/s1. The normalized spacial score (nSPS) is 27.5. The number of nitrogens with one attached hydrogen (secondary N) is 4. The molecule has 34 nitrogen and oxygen atoms in total. The monoisotopic (exact) mass is 1160 g/mol. The average molecular weight is 1160 g/mol. The number of ether oxygens (including phenoxy) is 2. The first-order valence-corrected chi connectivity index (χ1v) is 27.7. The van der Waals surface area contributed by atoms with Gasteiger partial charge in [-0.05, 0) is 50.0 Å². The molecule has 1 saturated carbocycles. The van der Waals surface area contributed by atoms with E-state index >= 15 is 0 Å². The van der Waals surface area contributed by atoms with Crippen LogP contribution in [0.25, 0.3) is 22.3 Å². The van der Waals surface area contributed by atoms with E-state index in [0.29, 0.717) is 39.0 Å². The number of aromatic nitrogens is 20. The van der Waals surface area contributed by atoms with Crippen LogP contribution in [-0.4, -0.2) is 167 Å². The highest BCUT2D eigenvalue weighted by atomic mass is 16.5. The molecule has 5 aliphatic rings. The molecule has 8 aromatic heterocycles. The van der Waals surface area contributed by atoms with Crippen molar-refractivity contribution in [2.75, 3.05) is 34.4 Å². The summed E-state index contributed by atoms with van der Waals surface area (Å²) in [6, 6.07) is 0. The number of imidazole rings is 4. The summed E-state index contributed by atoms with van der Waals surface area (Å²) >= 11 is 0. The van der Waals surface area contributed by atoms with E-state index in [1.54, 1.807) is 35.6 Å². The number of anilines is 4. The van der Waals surface area contributed by atoms with E-state index in [-0.39, 0.29) is 83.2 Å². The van der Waals surface area contributed by atoms with E-state index < -0.39 is 108 Å². The third-order valence-electron chi connectivity index (χ3n) is 17.4. The van der Waals surface area contributed by atoms with Crippen molar-refractivity contribution >= 4 is 69.7 Å². The lowest BCUT2D eigenvalue weighted by Crippen LogP contribution is -2.66. The number of carboxylic acid groups (broad SMARTS) is 4. The molecule has 12 heterocycles. The van der Waals surface area contributed by atoms with E-state index in [2.05, 4.69) is 62.1 Å². The summed E-state index contributed by atoms with van der Waals surface area (Å²) in [4.78, 5) is 95.3. The van der Waals surface area contributed by atoms with Crippen LogP contribution in [0.15, 0.2) is 37.7 Å². The lowest BCUT2D eigenvalue weighted by molar-refractivity contribution is -0.201. The first-order valence-electron chi connectivity index (χ1n) is 27.7. The van der Waals surface area contributed by atoms with Crippen LogP contribution < -0.4 is 21.3 Å². The minimum atomic E-state index is -1.88. The smallest absolute Gasteiger partial charge is 0.305 e. The van der Waals surface area contributed by atoms with Gasteiger partial charge in [0, 0.05) is 76.1 Å². The molecule has 3 fully saturated rings. The number of carboxylic acids is 4. The minimum Gasteiger partial charge on any atom is -0.481 e. The van der Waals surface area contributed by atoms with Crippen molar-refractivity contribution in [3.8, 4) is 0 Å². The van der Waals surface area contributed by atoms with Gasteiger partial charge >= 0.3 is 23.9 Å². The lowest BCUT2D eigenvalue weighted by atomic mass is 9.60. The van der Waals surface area contributed by atoms with Crippen molar-refractivity contribution in [2.45, 2.75) is 126 Å². The number of hydrogen-bond acceptors (Lipinski definition) is 24. The molecule has 0 aromatic carbocycles. The Morgan fingerprint density at radius 2 is 1.01 bits per heavy atom. The van der Waals surface area contributed by atoms with Gasteiger partial charge in [-0.15, -0.1) is 20.4 Å². The van der Waals surface area contributed by atoms with E-state index in [1.165, 1.54) is 22.2 Å². The van der Waals surface area contributed by atoms with Crippen LogP contribution in [-0.2, 0) is 80.1 Å². The maximum absolute atomic E-state index is 13.8. The van der Waals surface area contributed by atoms with Crippen LogP contribution in [0.2, 0.25) is 0 Å². The van der Waals surface area contributed by atoms with E-state index in [1.807, 2.05) is 35.6 Å². The van der Waals surface area contributed by atoms with Crippen LogP contribution in [0.4, 0.5) is 23.5 Å². The molecule has 8 aromatic rings. The molecule has 2 saturated heterocycles. The second-order valence-corrected chi connectivity index (χ2v) is 22.2. The molecule has 34 heteroatoms. The zero-order valence-electron chi connectivity index (χ0n) is 46.0. The molecule has 440 valence electrons. The number of hydrogen-bond donors (Lipinski definition) is 8. The Hall–Kier alpha value is -9.34. The fourth-order valence-corrected chi connectivity index (χ4v) is 14.2. The van der Waals surface area contributed by atoms with Gasteiger partial charge in [0.05, 0.1) is 75.5 Å². The second-order valence-electron chi connectivity index (χ2n) is 22.2. The molecule has 0 spiro atoms. The Kier molecular flexibility index (Phi) is 13.0. The van der Waals surface area contributed by atoms with Gasteiger partial charge in [-0.2, -0.15) is 29.5 Å². The largest absolute Gasteiger partial charge is 0.481 e. The highest BCUT2D eigenvalue weighted by Gasteiger charge is 2.76. The van der Waals surface area contributed by atoms with Crippen molar-refractivity contribution in [1.29, 1.82) is 0 Å². The number of nitrogens with zero attached hydrogens (tertiary/aromatic N) is 20. The minimum absolute atomic E-state index is 0.0246. The predicted molar refractivity (Wildman–Crippen MR) is 286 cm³/mol. The van der Waals surface area contributed by atoms with E-state index in [9.17, 15) is 39.6 Å². The van der Waals surface area contributed by atoms with Crippen LogP contribution in [0, 0.1) is 23.7 Å². The fourth-order valence-electron chi connectivity index (χ4n) is 14.2. The second kappa shape index (κ2) is 20.2. The zero-order chi connectivity index (χ0) is 58.5. The van der Waals surface area contributed by atoms with Crippen molar-refractivity contribution in [3.63, 3.8) is 0 Å². The van der Waals surface area contributed by atoms with E-state index in [4.69, 9.17) is 39.4 Å². The Labute approximate surface area is 474 Å². The van der Waals surface area contributed by atoms with Crippen LogP contribution >= 0.6 is 0 Å². The summed E-state index contributed by atoms with van der Waals surface area (Å²) in [7, 11) is 3.74. The molecule has 8 atom stereocenters. The number of rotatable bonds is 22. The Morgan fingerprint density at radius 3 is 1.36 bits per heavy atom. The maximum atomic E-state index is 13.8. The molecule has 84 heavy (non-hydrogen) atoms. The molecular formula is C50H60N24O10. The van der Waals surface area contributed by atoms with Crippen LogP contribution in [0.1, 0.15) is 100 Å². The van der Waals surface area contributed by atoms with Crippen LogP contribution in [0.3, 0.4) is 0 Å². The molecule has 1 aliphatic carbocycles. The van der Waals surface area contributed by atoms with Gasteiger partial charge < -0.3 is 60.3 Å².